The van der Waals surface area contributed by atoms with Crippen LogP contribution < -0.4 is 4.72 Å². The van der Waals surface area contributed by atoms with Gasteiger partial charge in [0.15, 0.2) is 9.84 Å². The van der Waals surface area contributed by atoms with E-state index in [-0.39, 0.29) is 11.4 Å². The van der Waals surface area contributed by atoms with E-state index in [1.807, 2.05) is 0 Å². The normalized spacial score (nSPS) is 12.6. The minimum Gasteiger partial charge on any atom is -0.224 e. The van der Waals surface area contributed by atoms with E-state index in [0.29, 0.717) is 5.56 Å². The minimum absolute atomic E-state index is 0.0824. The molecule has 0 aliphatic carbocycles. The Hall–Kier alpha value is -0.630. The molecule has 0 aliphatic rings. The maximum absolute atomic E-state index is 11.2. The molecule has 0 saturated heterocycles. The van der Waals surface area contributed by atoms with E-state index in [0.717, 1.165) is 6.26 Å². The number of alkyl halides is 1. The van der Waals surface area contributed by atoms with E-state index in [1.165, 1.54) is 12.1 Å². The highest BCUT2D eigenvalue weighted by molar-refractivity contribution is 7.91. The zero-order valence-electron chi connectivity index (χ0n) is 9.05. The molecule has 5 nitrogen and oxygen atoms in total. The van der Waals surface area contributed by atoms with E-state index < -0.39 is 25.1 Å². The number of halogens is 1. The molecular weight excluding hydrogens is 286 g/mol. The molecule has 0 radical (unpaired) electrons. The summed E-state index contributed by atoms with van der Waals surface area (Å²) in [4.78, 5) is 0.196. The van der Waals surface area contributed by atoms with Gasteiger partial charge in [-0.25, -0.2) is 21.6 Å². The average molecular weight is 298 g/mol. The first-order valence-corrected chi connectivity index (χ1v) is 8.65. The Labute approximate surface area is 106 Å². The van der Waals surface area contributed by atoms with Gasteiger partial charge in [0, 0.05) is 12.8 Å². The Bertz CT molecular complexity index is 578. The summed E-state index contributed by atoms with van der Waals surface area (Å²) in [7, 11) is -6.69. The van der Waals surface area contributed by atoms with Gasteiger partial charge in [0.2, 0.25) is 10.0 Å². The topological polar surface area (TPSA) is 80.3 Å². The van der Waals surface area contributed by atoms with Gasteiger partial charge in [-0.3, -0.25) is 0 Å². The molecule has 0 spiro atoms. The number of sulfonamides is 1. The highest BCUT2D eigenvalue weighted by Crippen LogP contribution is 2.10. The first-order valence-electron chi connectivity index (χ1n) is 4.57. The van der Waals surface area contributed by atoms with Gasteiger partial charge in [0.1, 0.15) is 5.21 Å². The fourth-order valence-corrected chi connectivity index (χ4v) is 2.41. The standard InChI is InChI=1S/C9H12ClNO4S2/c1-16(12,13)9-4-2-8(3-5-9)6-11-17(14,15)7-10/h2-5,11H,6-7H2,1H3. The Morgan fingerprint density at radius 2 is 1.65 bits per heavy atom. The van der Waals surface area contributed by atoms with Crippen LogP contribution in [0.3, 0.4) is 0 Å². The van der Waals surface area contributed by atoms with E-state index in [2.05, 4.69) is 4.72 Å². The summed E-state index contributed by atoms with van der Waals surface area (Å²) in [5, 5.41) is -0.506. The maximum atomic E-state index is 11.2. The van der Waals surface area contributed by atoms with Crippen molar-refractivity contribution >= 4 is 31.5 Å². The van der Waals surface area contributed by atoms with Gasteiger partial charge in [0.25, 0.3) is 0 Å². The van der Waals surface area contributed by atoms with Crippen LogP contribution in [0.2, 0.25) is 0 Å². The molecule has 0 bridgehead atoms. The Kier molecular flexibility index (Phi) is 4.54. The van der Waals surface area contributed by atoms with Crippen molar-refractivity contribution in [3.8, 4) is 0 Å². The van der Waals surface area contributed by atoms with E-state index in [1.54, 1.807) is 12.1 Å². The molecule has 0 unspecified atom stereocenters. The van der Waals surface area contributed by atoms with Crippen molar-refractivity contribution in [2.45, 2.75) is 11.4 Å². The van der Waals surface area contributed by atoms with Gasteiger partial charge in [-0.05, 0) is 17.7 Å². The number of hydrogen-bond donors (Lipinski definition) is 1. The third kappa shape index (κ3) is 4.63. The lowest BCUT2D eigenvalue weighted by Gasteiger charge is -2.04. The van der Waals surface area contributed by atoms with Crippen LogP contribution in [0.25, 0.3) is 0 Å². The summed E-state index contributed by atoms with van der Waals surface area (Å²) < 4.78 is 46.8. The molecular formula is C9H12ClNO4S2. The molecule has 17 heavy (non-hydrogen) atoms. The first-order chi connectivity index (χ1) is 7.74. The maximum Gasteiger partial charge on any atom is 0.225 e. The van der Waals surface area contributed by atoms with Gasteiger partial charge < -0.3 is 0 Å². The Morgan fingerprint density at radius 1 is 1.12 bits per heavy atom. The fraction of sp³-hybridized carbons (Fsp3) is 0.333. The molecule has 1 aromatic rings. The van der Waals surface area contributed by atoms with Crippen LogP contribution in [0.4, 0.5) is 0 Å². The second-order valence-corrected chi connectivity index (χ2v) is 7.87. The lowest BCUT2D eigenvalue weighted by atomic mass is 10.2. The van der Waals surface area contributed by atoms with Gasteiger partial charge in [-0.15, -0.1) is 11.6 Å². The number of hydrogen-bond acceptors (Lipinski definition) is 4. The van der Waals surface area contributed by atoms with Crippen molar-refractivity contribution in [2.24, 2.45) is 0 Å². The molecule has 96 valence electrons. The van der Waals surface area contributed by atoms with Crippen LogP contribution in [0.1, 0.15) is 5.56 Å². The van der Waals surface area contributed by atoms with Crippen LogP contribution in [0.15, 0.2) is 29.2 Å². The highest BCUT2D eigenvalue weighted by atomic mass is 35.5. The molecule has 0 amide bonds. The van der Waals surface area contributed by atoms with Gasteiger partial charge in [-0.2, -0.15) is 0 Å². The monoisotopic (exact) mass is 297 g/mol. The van der Waals surface area contributed by atoms with Crippen LogP contribution in [-0.2, 0) is 26.4 Å². The van der Waals surface area contributed by atoms with Crippen molar-refractivity contribution in [2.75, 3.05) is 11.5 Å². The summed E-state index contributed by atoms with van der Waals surface area (Å²) >= 11 is 5.21. The van der Waals surface area contributed by atoms with Crippen LogP contribution >= 0.6 is 11.6 Å². The molecule has 8 heteroatoms. The van der Waals surface area contributed by atoms with Crippen molar-refractivity contribution in [1.29, 1.82) is 0 Å². The minimum atomic E-state index is -3.46. The molecule has 0 aliphatic heterocycles. The summed E-state index contributed by atoms with van der Waals surface area (Å²) in [6, 6.07) is 5.96. The van der Waals surface area contributed by atoms with Gasteiger partial charge in [0.05, 0.1) is 4.90 Å². The average Bonchev–Trinajstić information content (AvgIpc) is 2.26. The molecule has 0 fully saturated rings. The van der Waals surface area contributed by atoms with Crippen molar-refractivity contribution in [3.05, 3.63) is 29.8 Å². The quantitative estimate of drug-likeness (QED) is 0.812. The smallest absolute Gasteiger partial charge is 0.224 e. The predicted octanol–water partition coefficient (Wildman–Crippen LogP) is 0.706. The molecule has 0 aromatic heterocycles. The van der Waals surface area contributed by atoms with E-state index in [9.17, 15) is 16.8 Å². The van der Waals surface area contributed by atoms with Crippen molar-refractivity contribution < 1.29 is 16.8 Å². The molecule has 0 saturated carbocycles. The first kappa shape index (κ1) is 14.4. The molecule has 1 N–H and O–H groups in total. The number of benzene rings is 1. The summed E-state index contributed by atoms with van der Waals surface area (Å²) in [6.07, 6.45) is 1.11. The Morgan fingerprint density at radius 3 is 2.06 bits per heavy atom. The highest BCUT2D eigenvalue weighted by Gasteiger charge is 2.09. The summed E-state index contributed by atoms with van der Waals surface area (Å²) in [6.45, 7) is 0.0824. The molecule has 1 rings (SSSR count). The number of rotatable bonds is 5. The second kappa shape index (κ2) is 5.34. The van der Waals surface area contributed by atoms with Crippen LogP contribution in [-0.4, -0.2) is 28.3 Å². The van der Waals surface area contributed by atoms with Crippen LogP contribution in [0.5, 0.6) is 0 Å². The SMILES string of the molecule is CS(=O)(=O)c1ccc(CNS(=O)(=O)CCl)cc1. The molecule has 1 aromatic carbocycles. The molecule has 0 heterocycles. The zero-order chi connectivity index (χ0) is 13.1. The lowest BCUT2D eigenvalue weighted by Crippen LogP contribution is -2.23. The predicted molar refractivity (Wildman–Crippen MR) is 66.0 cm³/mol. The van der Waals surface area contributed by atoms with Crippen molar-refractivity contribution in [1.82, 2.24) is 4.72 Å². The molecule has 0 atom stereocenters. The van der Waals surface area contributed by atoms with Crippen LogP contribution in [0, 0.1) is 0 Å². The van der Waals surface area contributed by atoms with Crippen molar-refractivity contribution in [3.63, 3.8) is 0 Å². The fourth-order valence-electron chi connectivity index (χ4n) is 1.09. The third-order valence-electron chi connectivity index (χ3n) is 1.99. The Balaban J connectivity index is 2.77. The third-order valence-corrected chi connectivity index (χ3v) is 4.85. The number of sulfone groups is 1. The second-order valence-electron chi connectivity index (χ2n) is 3.46. The summed E-state index contributed by atoms with van der Waals surface area (Å²) in [5.41, 5.74) is 0.658. The van der Waals surface area contributed by atoms with Gasteiger partial charge in [-0.1, -0.05) is 12.1 Å². The number of nitrogens with one attached hydrogen (secondary N) is 1. The zero-order valence-corrected chi connectivity index (χ0v) is 11.4. The lowest BCUT2D eigenvalue weighted by molar-refractivity contribution is 0.585. The van der Waals surface area contributed by atoms with Gasteiger partial charge >= 0.3 is 0 Å². The summed E-state index contributed by atoms with van der Waals surface area (Å²) in [5.74, 6) is 0. The largest absolute Gasteiger partial charge is 0.225 e. The van der Waals surface area contributed by atoms with E-state index in [4.69, 9.17) is 11.6 Å². The van der Waals surface area contributed by atoms with E-state index >= 15 is 0 Å².